The Balaban J connectivity index is 1.96. The highest BCUT2D eigenvalue weighted by atomic mass is 32.2. The van der Waals surface area contributed by atoms with Crippen LogP contribution in [-0.2, 0) is 15.0 Å². The number of nitrogens with one attached hydrogen (secondary N) is 1. The first-order valence-electron chi connectivity index (χ1n) is 5.50. The highest BCUT2D eigenvalue weighted by molar-refractivity contribution is 7.87. The predicted octanol–water partition coefficient (Wildman–Crippen LogP) is 1.51. The molecular formula is C11H13NO5S. The number of epoxide rings is 1. The normalized spacial score (nSPS) is 27.7. The molecule has 1 saturated heterocycles. The van der Waals surface area contributed by atoms with E-state index in [0.717, 1.165) is 5.56 Å². The van der Waals surface area contributed by atoms with E-state index in [-0.39, 0.29) is 23.5 Å². The number of hydrogen-bond donors (Lipinski definition) is 2. The van der Waals surface area contributed by atoms with Crippen molar-refractivity contribution in [2.75, 3.05) is 4.72 Å². The maximum atomic E-state index is 10.7. The number of benzene rings is 1. The summed E-state index contributed by atoms with van der Waals surface area (Å²) in [5, 5.41) is 0. The quantitative estimate of drug-likeness (QED) is 0.629. The summed E-state index contributed by atoms with van der Waals surface area (Å²) in [7, 11) is -4.26. The molecule has 0 aliphatic carbocycles. The molecule has 7 heteroatoms. The summed E-state index contributed by atoms with van der Waals surface area (Å²) in [4.78, 5) is 0. The summed E-state index contributed by atoms with van der Waals surface area (Å²) < 4.78 is 43.6. The van der Waals surface area contributed by atoms with Crippen molar-refractivity contribution >= 4 is 16.0 Å². The first kappa shape index (κ1) is 11.8. The number of rotatable bonds is 2. The van der Waals surface area contributed by atoms with Crippen molar-refractivity contribution in [2.45, 2.75) is 31.7 Å². The third-order valence-electron chi connectivity index (χ3n) is 3.11. The van der Waals surface area contributed by atoms with E-state index in [1.165, 1.54) is 6.07 Å². The van der Waals surface area contributed by atoms with Crippen LogP contribution in [0.1, 0.15) is 25.5 Å². The molecule has 1 fully saturated rings. The fraction of sp³-hybridized carbons (Fsp3) is 0.455. The van der Waals surface area contributed by atoms with Crippen molar-refractivity contribution in [1.29, 1.82) is 0 Å². The van der Waals surface area contributed by atoms with Gasteiger partial charge in [0.2, 0.25) is 0 Å². The molecule has 2 aliphatic rings. The number of ether oxygens (including phenoxy) is 2. The van der Waals surface area contributed by atoms with Gasteiger partial charge in [-0.3, -0.25) is 9.27 Å². The molecule has 0 saturated carbocycles. The summed E-state index contributed by atoms with van der Waals surface area (Å²) in [6.07, 6.45) is -0.0714. The molecule has 0 bridgehead atoms. The van der Waals surface area contributed by atoms with Gasteiger partial charge in [0, 0.05) is 5.56 Å². The van der Waals surface area contributed by atoms with Gasteiger partial charge in [0.25, 0.3) is 0 Å². The first-order chi connectivity index (χ1) is 8.26. The molecule has 1 aromatic carbocycles. The molecule has 0 aromatic heterocycles. The van der Waals surface area contributed by atoms with E-state index in [9.17, 15) is 8.42 Å². The van der Waals surface area contributed by atoms with Crippen LogP contribution in [0.15, 0.2) is 18.2 Å². The largest absolute Gasteiger partial charge is 0.485 e. The molecule has 2 aliphatic heterocycles. The molecule has 0 radical (unpaired) electrons. The van der Waals surface area contributed by atoms with Crippen LogP contribution in [-0.4, -0.2) is 24.7 Å². The Morgan fingerprint density at radius 2 is 2.11 bits per heavy atom. The average Bonchev–Trinajstić information content (AvgIpc) is 2.97. The zero-order chi connectivity index (χ0) is 13.1. The van der Waals surface area contributed by atoms with Gasteiger partial charge in [0.05, 0.1) is 5.69 Å². The van der Waals surface area contributed by atoms with E-state index < -0.39 is 10.3 Å². The van der Waals surface area contributed by atoms with Gasteiger partial charge in [-0.2, -0.15) is 8.42 Å². The van der Waals surface area contributed by atoms with Crippen LogP contribution in [0.5, 0.6) is 5.75 Å². The van der Waals surface area contributed by atoms with Gasteiger partial charge in [-0.1, -0.05) is 0 Å². The first-order valence-corrected chi connectivity index (χ1v) is 6.94. The van der Waals surface area contributed by atoms with E-state index in [1.54, 1.807) is 12.1 Å². The summed E-state index contributed by atoms with van der Waals surface area (Å²) >= 11 is 0. The van der Waals surface area contributed by atoms with E-state index in [4.69, 9.17) is 14.0 Å². The van der Waals surface area contributed by atoms with E-state index in [1.807, 2.05) is 18.6 Å². The number of anilines is 1. The molecule has 1 aromatic rings. The average molecular weight is 271 g/mol. The fourth-order valence-corrected chi connectivity index (χ4v) is 2.72. The van der Waals surface area contributed by atoms with Crippen LogP contribution in [0.4, 0.5) is 5.69 Å². The van der Waals surface area contributed by atoms with Crippen molar-refractivity contribution in [3.8, 4) is 5.75 Å². The third kappa shape index (κ3) is 1.94. The lowest BCUT2D eigenvalue weighted by Crippen LogP contribution is -2.37. The Kier molecular flexibility index (Phi) is 2.20. The topological polar surface area (TPSA) is 88.2 Å². The smallest absolute Gasteiger partial charge is 0.357 e. The Morgan fingerprint density at radius 1 is 1.39 bits per heavy atom. The van der Waals surface area contributed by atoms with Crippen LogP contribution in [0.2, 0.25) is 0 Å². The predicted molar refractivity (Wildman–Crippen MR) is 63.9 cm³/mol. The van der Waals surface area contributed by atoms with Gasteiger partial charge in [-0.15, -0.1) is 0 Å². The second kappa shape index (κ2) is 3.37. The highest BCUT2D eigenvalue weighted by Gasteiger charge is 2.56. The van der Waals surface area contributed by atoms with Crippen molar-refractivity contribution < 1.29 is 22.4 Å². The molecule has 6 nitrogen and oxygen atoms in total. The van der Waals surface area contributed by atoms with Crippen LogP contribution in [0, 0.1) is 0 Å². The molecule has 18 heavy (non-hydrogen) atoms. The molecule has 0 spiro atoms. The van der Waals surface area contributed by atoms with Crippen molar-refractivity contribution in [3.63, 3.8) is 0 Å². The molecular weight excluding hydrogens is 258 g/mol. The SMILES string of the molecule is CC1(C)Oc2ccc(NS(=O)(=O)O)cc2C2OC21. The molecule has 3 rings (SSSR count). The lowest BCUT2D eigenvalue weighted by Gasteiger charge is -2.29. The van der Waals surface area contributed by atoms with Gasteiger partial charge in [0.15, 0.2) is 0 Å². The van der Waals surface area contributed by atoms with Gasteiger partial charge < -0.3 is 9.47 Å². The van der Waals surface area contributed by atoms with E-state index in [0.29, 0.717) is 5.75 Å². The molecule has 2 atom stereocenters. The maximum absolute atomic E-state index is 10.7. The van der Waals surface area contributed by atoms with Gasteiger partial charge in [-0.05, 0) is 32.0 Å². The third-order valence-corrected chi connectivity index (χ3v) is 3.61. The van der Waals surface area contributed by atoms with Gasteiger partial charge in [0.1, 0.15) is 23.6 Å². The van der Waals surface area contributed by atoms with Gasteiger partial charge in [-0.25, -0.2) is 0 Å². The Labute approximate surface area is 105 Å². The molecule has 98 valence electrons. The summed E-state index contributed by atoms with van der Waals surface area (Å²) in [5.41, 5.74) is 0.706. The Morgan fingerprint density at radius 3 is 2.78 bits per heavy atom. The Bertz CT molecular complexity index is 610. The minimum Gasteiger partial charge on any atom is -0.485 e. The second-order valence-electron chi connectivity index (χ2n) is 5.01. The summed E-state index contributed by atoms with van der Waals surface area (Å²) in [5.74, 6) is 0.680. The summed E-state index contributed by atoms with van der Waals surface area (Å²) in [6.45, 7) is 3.90. The number of fused-ring (bicyclic) bond motifs is 3. The lowest BCUT2D eigenvalue weighted by atomic mass is 9.94. The minimum absolute atomic E-state index is 0.00835. The standard InChI is InChI=1S/C11H13NO5S/c1-11(2)10-9(16-10)7-5-6(12-18(13,14)15)3-4-8(7)17-11/h3-5,9-10,12H,1-2H3,(H,13,14,15). The molecule has 0 amide bonds. The summed E-state index contributed by atoms with van der Waals surface area (Å²) in [6, 6.07) is 4.82. The highest BCUT2D eigenvalue weighted by Crippen LogP contribution is 2.54. The monoisotopic (exact) mass is 271 g/mol. The maximum Gasteiger partial charge on any atom is 0.357 e. The van der Waals surface area contributed by atoms with Gasteiger partial charge >= 0.3 is 10.3 Å². The van der Waals surface area contributed by atoms with Crippen molar-refractivity contribution in [1.82, 2.24) is 0 Å². The van der Waals surface area contributed by atoms with Crippen molar-refractivity contribution in [3.05, 3.63) is 23.8 Å². The van der Waals surface area contributed by atoms with Crippen molar-refractivity contribution in [2.24, 2.45) is 0 Å². The van der Waals surface area contributed by atoms with Crippen LogP contribution in [0.3, 0.4) is 0 Å². The second-order valence-corrected chi connectivity index (χ2v) is 6.17. The van der Waals surface area contributed by atoms with Crippen LogP contribution in [0.25, 0.3) is 0 Å². The molecule has 2 heterocycles. The fourth-order valence-electron chi connectivity index (χ4n) is 2.30. The zero-order valence-electron chi connectivity index (χ0n) is 9.88. The minimum atomic E-state index is -4.26. The Hall–Kier alpha value is -1.31. The zero-order valence-corrected chi connectivity index (χ0v) is 10.7. The molecule has 2 N–H and O–H groups in total. The lowest BCUT2D eigenvalue weighted by molar-refractivity contribution is 0.0725. The molecule has 2 unspecified atom stereocenters. The number of hydrogen-bond acceptors (Lipinski definition) is 4. The van der Waals surface area contributed by atoms with E-state index >= 15 is 0 Å². The van der Waals surface area contributed by atoms with Crippen LogP contribution >= 0.6 is 0 Å². The van der Waals surface area contributed by atoms with Crippen LogP contribution < -0.4 is 9.46 Å². The van der Waals surface area contributed by atoms with E-state index in [2.05, 4.69) is 0 Å².